The van der Waals surface area contributed by atoms with Crippen molar-refractivity contribution in [2.24, 2.45) is 0 Å². The van der Waals surface area contributed by atoms with Crippen molar-refractivity contribution in [3.05, 3.63) is 30.1 Å². The zero-order valence-corrected chi connectivity index (χ0v) is 7.60. The van der Waals surface area contributed by atoms with Gasteiger partial charge in [-0.1, -0.05) is 6.07 Å². The Labute approximate surface area is 80.8 Å². The fraction of sp³-hybridized carbons (Fsp3) is 0.222. The highest BCUT2D eigenvalue weighted by Crippen LogP contribution is 2.06. The lowest BCUT2D eigenvalue weighted by atomic mass is 10.2. The molecule has 5 nitrogen and oxygen atoms in total. The Bertz CT molecular complexity index is 337. The average molecular weight is 194 g/mol. The minimum atomic E-state index is -1.49. The summed E-state index contributed by atoms with van der Waals surface area (Å²) in [5.41, 5.74) is 0.627. The predicted molar refractivity (Wildman–Crippen MR) is 48.4 cm³/mol. The van der Waals surface area contributed by atoms with Gasteiger partial charge in [-0.2, -0.15) is 0 Å². The summed E-state index contributed by atoms with van der Waals surface area (Å²) in [4.78, 5) is 25.0. The first-order chi connectivity index (χ1) is 6.61. The van der Waals surface area contributed by atoms with Crippen molar-refractivity contribution in [2.75, 3.05) is 0 Å². The predicted octanol–water partition coefficient (Wildman–Crippen LogP) is 0.343. The second kappa shape index (κ2) is 4.36. The number of aromatic nitrogens is 1. The largest absolute Gasteiger partial charge is 0.474 e. The molecule has 0 spiro atoms. The Morgan fingerprint density at radius 3 is 2.71 bits per heavy atom. The van der Waals surface area contributed by atoms with Crippen LogP contribution >= 0.6 is 0 Å². The fourth-order valence-corrected chi connectivity index (χ4v) is 0.964. The summed E-state index contributed by atoms with van der Waals surface area (Å²) in [6.07, 6.45) is 1.58. The molecule has 1 aromatic rings. The molecule has 5 heteroatoms. The molecule has 0 aromatic carbocycles. The van der Waals surface area contributed by atoms with E-state index in [1.807, 2.05) is 0 Å². The van der Waals surface area contributed by atoms with Crippen LogP contribution in [0.5, 0.6) is 0 Å². The lowest BCUT2D eigenvalue weighted by molar-refractivity contribution is -0.150. The summed E-state index contributed by atoms with van der Waals surface area (Å²) in [5.74, 6) is -2.52. The fourth-order valence-electron chi connectivity index (χ4n) is 0.964. The molecule has 0 aliphatic rings. The van der Waals surface area contributed by atoms with Crippen molar-refractivity contribution >= 4 is 11.9 Å². The minimum Gasteiger partial charge on any atom is -0.474 e. The topological polar surface area (TPSA) is 79.3 Å². The van der Waals surface area contributed by atoms with Gasteiger partial charge in [0, 0.05) is 6.20 Å². The van der Waals surface area contributed by atoms with Crippen LogP contribution in [0.4, 0.5) is 0 Å². The van der Waals surface area contributed by atoms with Crippen molar-refractivity contribution in [3.63, 3.8) is 0 Å². The van der Waals surface area contributed by atoms with Crippen LogP contribution in [0.25, 0.3) is 0 Å². The number of rotatable bonds is 2. The van der Waals surface area contributed by atoms with Gasteiger partial charge in [-0.05, 0) is 19.1 Å². The van der Waals surface area contributed by atoms with E-state index < -0.39 is 17.9 Å². The Morgan fingerprint density at radius 2 is 2.21 bits per heavy atom. The summed E-state index contributed by atoms with van der Waals surface area (Å²) in [6.45, 7) is 1.67. The van der Waals surface area contributed by atoms with Crippen LogP contribution in [0.1, 0.15) is 18.7 Å². The third kappa shape index (κ3) is 2.55. The number of carbonyl (C=O) groups is 2. The zero-order valence-electron chi connectivity index (χ0n) is 7.60. The number of hydrogen-bond donors (Lipinski definition) is 2. The number of nitrogens with zero attached hydrogens (tertiary/aromatic N) is 1. The van der Waals surface area contributed by atoms with E-state index in [1.54, 1.807) is 31.3 Å². The first-order valence-corrected chi connectivity index (χ1v) is 4.06. The maximum absolute atomic E-state index is 10.8. The maximum atomic E-state index is 10.8. The van der Waals surface area contributed by atoms with E-state index >= 15 is 0 Å². The van der Waals surface area contributed by atoms with Crippen LogP contribution in [0.2, 0.25) is 0 Å². The molecular formula is C9H10N2O3. The van der Waals surface area contributed by atoms with E-state index in [9.17, 15) is 9.59 Å². The van der Waals surface area contributed by atoms with Crippen LogP contribution in [0.15, 0.2) is 24.4 Å². The normalized spacial score (nSPS) is 11.8. The zero-order chi connectivity index (χ0) is 10.6. The Balaban J connectivity index is 2.64. The van der Waals surface area contributed by atoms with E-state index in [0.29, 0.717) is 5.69 Å². The second-order valence-corrected chi connectivity index (χ2v) is 2.75. The maximum Gasteiger partial charge on any atom is 0.394 e. The third-order valence-corrected chi connectivity index (χ3v) is 1.67. The van der Waals surface area contributed by atoms with E-state index in [2.05, 4.69) is 10.3 Å². The highest BCUT2D eigenvalue weighted by molar-refractivity contribution is 6.31. The van der Waals surface area contributed by atoms with Gasteiger partial charge < -0.3 is 10.4 Å². The number of aliphatic carboxylic acids is 1. The highest BCUT2D eigenvalue weighted by atomic mass is 16.4. The van der Waals surface area contributed by atoms with Crippen LogP contribution in [0, 0.1) is 0 Å². The Kier molecular flexibility index (Phi) is 3.17. The molecule has 0 saturated heterocycles. The monoisotopic (exact) mass is 194 g/mol. The first kappa shape index (κ1) is 10.2. The van der Waals surface area contributed by atoms with Crippen LogP contribution in [0.3, 0.4) is 0 Å². The summed E-state index contributed by atoms with van der Waals surface area (Å²) in [6, 6.07) is 4.83. The van der Waals surface area contributed by atoms with Crippen LogP contribution in [-0.2, 0) is 9.59 Å². The molecule has 2 N–H and O–H groups in total. The van der Waals surface area contributed by atoms with Gasteiger partial charge in [-0.3, -0.25) is 9.78 Å². The molecule has 74 valence electrons. The molecule has 0 aliphatic heterocycles. The molecule has 1 amide bonds. The van der Waals surface area contributed by atoms with Gasteiger partial charge >= 0.3 is 11.9 Å². The smallest absolute Gasteiger partial charge is 0.394 e. The van der Waals surface area contributed by atoms with E-state index in [1.165, 1.54) is 0 Å². The van der Waals surface area contributed by atoms with Gasteiger partial charge in [0.15, 0.2) is 0 Å². The number of carboxylic acids is 1. The van der Waals surface area contributed by atoms with Gasteiger partial charge in [0.2, 0.25) is 0 Å². The van der Waals surface area contributed by atoms with E-state index in [0.717, 1.165) is 0 Å². The number of carboxylic acid groups (broad SMARTS) is 1. The summed E-state index contributed by atoms with van der Waals surface area (Å²) < 4.78 is 0. The standard InChI is InChI=1S/C9H10N2O3/c1-6(11-8(12)9(13)14)7-4-2-3-5-10-7/h2-6H,1H3,(H,11,12)(H,13,14). The first-order valence-electron chi connectivity index (χ1n) is 4.06. The van der Waals surface area contributed by atoms with E-state index in [-0.39, 0.29) is 0 Å². The number of pyridine rings is 1. The quantitative estimate of drug-likeness (QED) is 0.665. The second-order valence-electron chi connectivity index (χ2n) is 2.75. The lowest BCUT2D eigenvalue weighted by Gasteiger charge is -2.10. The molecule has 14 heavy (non-hydrogen) atoms. The summed E-state index contributed by atoms with van der Waals surface area (Å²) >= 11 is 0. The van der Waals surface area contributed by atoms with Crippen LogP contribution in [-0.4, -0.2) is 22.0 Å². The number of nitrogens with one attached hydrogen (secondary N) is 1. The number of amides is 1. The van der Waals surface area contributed by atoms with Gasteiger partial charge in [0.1, 0.15) is 0 Å². The molecule has 0 radical (unpaired) electrons. The van der Waals surface area contributed by atoms with Crippen LogP contribution < -0.4 is 5.32 Å². The highest BCUT2D eigenvalue weighted by Gasteiger charge is 2.15. The minimum absolute atomic E-state index is 0.403. The average Bonchev–Trinajstić information content (AvgIpc) is 2.19. The van der Waals surface area contributed by atoms with Gasteiger partial charge in [0.05, 0.1) is 11.7 Å². The Hall–Kier alpha value is -1.91. The summed E-state index contributed by atoms with van der Waals surface area (Å²) in [5, 5.41) is 10.6. The summed E-state index contributed by atoms with van der Waals surface area (Å²) in [7, 11) is 0. The molecule has 1 rings (SSSR count). The van der Waals surface area contributed by atoms with Crippen molar-refractivity contribution in [2.45, 2.75) is 13.0 Å². The molecular weight excluding hydrogens is 184 g/mol. The molecule has 1 unspecified atom stereocenters. The molecule has 0 saturated carbocycles. The van der Waals surface area contributed by atoms with Crippen molar-refractivity contribution < 1.29 is 14.7 Å². The van der Waals surface area contributed by atoms with Crippen molar-refractivity contribution in [1.29, 1.82) is 0 Å². The Morgan fingerprint density at radius 1 is 1.50 bits per heavy atom. The molecule has 1 aromatic heterocycles. The molecule has 0 aliphatic carbocycles. The number of carbonyl (C=O) groups excluding carboxylic acids is 1. The number of hydrogen-bond acceptors (Lipinski definition) is 3. The van der Waals surface area contributed by atoms with E-state index in [4.69, 9.17) is 5.11 Å². The van der Waals surface area contributed by atoms with Gasteiger partial charge in [0.25, 0.3) is 0 Å². The molecule has 0 bridgehead atoms. The van der Waals surface area contributed by atoms with Gasteiger partial charge in [-0.25, -0.2) is 4.79 Å². The van der Waals surface area contributed by atoms with Crippen molar-refractivity contribution in [1.82, 2.24) is 10.3 Å². The lowest BCUT2D eigenvalue weighted by Crippen LogP contribution is -2.33. The molecule has 1 heterocycles. The molecule has 0 fully saturated rings. The van der Waals surface area contributed by atoms with Crippen molar-refractivity contribution in [3.8, 4) is 0 Å². The van der Waals surface area contributed by atoms with Gasteiger partial charge in [-0.15, -0.1) is 0 Å². The third-order valence-electron chi connectivity index (χ3n) is 1.67. The molecule has 1 atom stereocenters. The SMILES string of the molecule is CC(NC(=O)C(=O)O)c1ccccn1.